The van der Waals surface area contributed by atoms with E-state index >= 15 is 0 Å². The minimum Gasteiger partial charge on any atom is -0.267 e. The summed E-state index contributed by atoms with van der Waals surface area (Å²) < 4.78 is 1.68. The van der Waals surface area contributed by atoms with Gasteiger partial charge in [-0.15, -0.1) is 0 Å². The number of aryl methyl sites for hydroxylation is 1. The molecule has 0 saturated carbocycles. The summed E-state index contributed by atoms with van der Waals surface area (Å²) >= 11 is 11.9. The van der Waals surface area contributed by atoms with Crippen molar-refractivity contribution in [1.82, 2.24) is 10.1 Å². The monoisotopic (exact) mass is 428 g/mol. The Balaban J connectivity index is 1.71. The van der Waals surface area contributed by atoms with Crippen molar-refractivity contribution in [2.75, 3.05) is 5.43 Å². The molecule has 0 fully saturated rings. The molecule has 0 spiro atoms. The van der Waals surface area contributed by atoms with Gasteiger partial charge in [0.25, 0.3) is 11.8 Å². The van der Waals surface area contributed by atoms with E-state index in [0.29, 0.717) is 10.6 Å². The maximum atomic E-state index is 12.4. The average Bonchev–Trinajstić information content (AvgIpc) is 2.96. The molecule has 1 aromatic heterocycles. The van der Waals surface area contributed by atoms with Gasteiger partial charge in [-0.05, 0) is 50.2 Å². The highest BCUT2D eigenvalue weighted by Gasteiger charge is 2.13. The number of carbonyl (C=O) groups excluding carboxylic acids is 2. The molecule has 0 atom stereocenters. The van der Waals surface area contributed by atoms with E-state index in [1.54, 1.807) is 35.0 Å². The molecule has 3 aromatic rings. The maximum Gasteiger partial charge on any atom is 0.272 e. The second-order valence-corrected chi connectivity index (χ2v) is 7.14. The summed E-state index contributed by atoms with van der Waals surface area (Å²) in [5.74, 6) is -0.671. The summed E-state index contributed by atoms with van der Waals surface area (Å²) in [6.07, 6.45) is 1.51. The average molecular weight is 429 g/mol. The van der Waals surface area contributed by atoms with Gasteiger partial charge in [-0.2, -0.15) is 5.10 Å². The normalized spacial score (nSPS) is 10.9. The van der Waals surface area contributed by atoms with Crippen molar-refractivity contribution in [3.63, 3.8) is 0 Å². The minimum absolute atomic E-state index is 0.221. The second kappa shape index (κ2) is 8.94. The fraction of sp³-hybridized carbons (Fsp3) is 0.0952. The maximum absolute atomic E-state index is 12.4. The van der Waals surface area contributed by atoms with Crippen LogP contribution < -0.4 is 10.9 Å². The fourth-order valence-electron chi connectivity index (χ4n) is 2.74. The summed E-state index contributed by atoms with van der Waals surface area (Å²) in [5, 5.41) is 4.68. The Labute approximate surface area is 178 Å². The number of hydrazone groups is 1. The second-order valence-electron chi connectivity index (χ2n) is 6.29. The van der Waals surface area contributed by atoms with Gasteiger partial charge in [0.15, 0.2) is 0 Å². The van der Waals surface area contributed by atoms with Gasteiger partial charge < -0.3 is 0 Å². The van der Waals surface area contributed by atoms with Gasteiger partial charge in [0, 0.05) is 27.5 Å². The zero-order chi connectivity index (χ0) is 21.0. The van der Waals surface area contributed by atoms with Crippen molar-refractivity contribution in [2.45, 2.75) is 13.8 Å². The number of halogens is 2. The molecule has 0 aliphatic carbocycles. The molecule has 0 aliphatic rings. The quantitative estimate of drug-likeness (QED) is 0.461. The van der Waals surface area contributed by atoms with E-state index < -0.39 is 5.91 Å². The Kier molecular flexibility index (Phi) is 6.36. The van der Waals surface area contributed by atoms with E-state index in [0.717, 1.165) is 17.0 Å². The first-order valence-electron chi connectivity index (χ1n) is 8.70. The molecule has 2 N–H and O–H groups in total. The third kappa shape index (κ3) is 4.85. The first-order chi connectivity index (χ1) is 13.9. The lowest BCUT2D eigenvalue weighted by Gasteiger charge is -2.11. The van der Waals surface area contributed by atoms with Gasteiger partial charge in [0.1, 0.15) is 0 Å². The number of rotatable bonds is 5. The third-order valence-electron chi connectivity index (χ3n) is 4.27. The summed E-state index contributed by atoms with van der Waals surface area (Å²) in [6.45, 7) is 3.71. The Morgan fingerprint density at radius 3 is 2.41 bits per heavy atom. The molecule has 0 saturated heterocycles. The summed E-state index contributed by atoms with van der Waals surface area (Å²) in [6, 6.07) is 15.4. The van der Waals surface area contributed by atoms with Gasteiger partial charge in [-0.3, -0.25) is 19.7 Å². The van der Waals surface area contributed by atoms with Crippen molar-refractivity contribution in [3.05, 3.63) is 92.7 Å². The number of hydrogen-bond donors (Lipinski definition) is 2. The van der Waals surface area contributed by atoms with Crippen LogP contribution in [-0.4, -0.2) is 22.7 Å². The number of nitrogens with zero attached hydrogens (tertiary/aromatic N) is 2. The molecule has 2 aromatic carbocycles. The van der Waals surface area contributed by atoms with Crippen LogP contribution in [0.15, 0.2) is 59.7 Å². The fourth-order valence-corrected chi connectivity index (χ4v) is 3.23. The minimum atomic E-state index is -0.450. The van der Waals surface area contributed by atoms with Crippen molar-refractivity contribution < 1.29 is 9.59 Å². The summed E-state index contributed by atoms with van der Waals surface area (Å²) in [7, 11) is 0. The molecule has 8 heteroatoms. The number of aromatic nitrogens is 1. The summed E-state index contributed by atoms with van der Waals surface area (Å²) in [5.41, 5.74) is 8.46. The lowest BCUT2D eigenvalue weighted by Crippen LogP contribution is -2.24. The number of hydrogen-bond acceptors (Lipinski definition) is 3. The van der Waals surface area contributed by atoms with Crippen LogP contribution in [0.4, 0.5) is 0 Å². The molecule has 29 heavy (non-hydrogen) atoms. The van der Waals surface area contributed by atoms with Crippen LogP contribution in [0.3, 0.4) is 0 Å². The van der Waals surface area contributed by atoms with Crippen LogP contribution in [0.5, 0.6) is 0 Å². The van der Waals surface area contributed by atoms with Crippen molar-refractivity contribution >= 4 is 41.2 Å². The predicted molar refractivity (Wildman–Crippen MR) is 116 cm³/mol. The standard InChI is InChI=1S/C21H18Cl2N4O2/c1-13-10-16(12-24-25-21(29)18-9-8-17(22)11-19(18)23)14(2)27(13)26-20(28)15-6-4-3-5-7-15/h3-12H,1-2H3,(H,25,29)(H,26,28)/b24-12-. The zero-order valence-corrected chi connectivity index (χ0v) is 17.3. The Morgan fingerprint density at radius 1 is 1.00 bits per heavy atom. The van der Waals surface area contributed by atoms with Gasteiger partial charge in [-0.1, -0.05) is 41.4 Å². The van der Waals surface area contributed by atoms with Crippen LogP contribution in [-0.2, 0) is 0 Å². The smallest absolute Gasteiger partial charge is 0.267 e. The van der Waals surface area contributed by atoms with Gasteiger partial charge in [-0.25, -0.2) is 5.43 Å². The topological polar surface area (TPSA) is 75.5 Å². The Bertz CT molecular complexity index is 1090. The number of nitrogens with one attached hydrogen (secondary N) is 2. The molecule has 0 bridgehead atoms. The van der Waals surface area contributed by atoms with E-state index in [9.17, 15) is 9.59 Å². The van der Waals surface area contributed by atoms with E-state index in [2.05, 4.69) is 16.0 Å². The lowest BCUT2D eigenvalue weighted by molar-refractivity contribution is 0.0954. The van der Waals surface area contributed by atoms with Crippen LogP contribution in [0.1, 0.15) is 37.7 Å². The van der Waals surface area contributed by atoms with E-state index in [4.69, 9.17) is 23.2 Å². The van der Waals surface area contributed by atoms with Crippen LogP contribution >= 0.6 is 23.2 Å². The molecule has 1 heterocycles. The highest BCUT2D eigenvalue weighted by molar-refractivity contribution is 6.36. The highest BCUT2D eigenvalue weighted by Crippen LogP contribution is 2.20. The summed E-state index contributed by atoms with van der Waals surface area (Å²) in [4.78, 5) is 24.6. The van der Waals surface area contributed by atoms with Crippen molar-refractivity contribution in [1.29, 1.82) is 0 Å². The number of amides is 2. The Morgan fingerprint density at radius 2 is 1.72 bits per heavy atom. The van der Waals surface area contributed by atoms with Gasteiger partial charge in [0.2, 0.25) is 0 Å². The SMILES string of the molecule is Cc1cc(/C=N\NC(=O)c2ccc(Cl)cc2Cl)c(C)n1NC(=O)c1ccccc1. The molecule has 0 radical (unpaired) electrons. The number of carbonyl (C=O) groups is 2. The van der Waals surface area contributed by atoms with Gasteiger partial charge in [0.05, 0.1) is 16.8 Å². The third-order valence-corrected chi connectivity index (χ3v) is 4.81. The van der Waals surface area contributed by atoms with E-state index in [-0.39, 0.29) is 16.5 Å². The van der Waals surface area contributed by atoms with Crippen molar-refractivity contribution in [2.24, 2.45) is 5.10 Å². The van der Waals surface area contributed by atoms with Crippen LogP contribution in [0.25, 0.3) is 0 Å². The molecule has 6 nitrogen and oxygen atoms in total. The van der Waals surface area contributed by atoms with Gasteiger partial charge >= 0.3 is 0 Å². The largest absolute Gasteiger partial charge is 0.272 e. The molecule has 3 rings (SSSR count). The van der Waals surface area contributed by atoms with E-state index in [1.807, 2.05) is 26.0 Å². The predicted octanol–water partition coefficient (Wildman–Crippen LogP) is 4.56. The highest BCUT2D eigenvalue weighted by atomic mass is 35.5. The Hall–Kier alpha value is -3.09. The molecule has 2 amide bonds. The molecule has 0 aliphatic heterocycles. The first-order valence-corrected chi connectivity index (χ1v) is 9.46. The van der Waals surface area contributed by atoms with Crippen LogP contribution in [0.2, 0.25) is 10.0 Å². The molecular weight excluding hydrogens is 411 g/mol. The molecular formula is C21H18Cl2N4O2. The molecule has 148 valence electrons. The van der Waals surface area contributed by atoms with E-state index in [1.165, 1.54) is 18.3 Å². The first kappa shape index (κ1) is 20.6. The number of benzene rings is 2. The zero-order valence-electron chi connectivity index (χ0n) is 15.7. The van der Waals surface area contributed by atoms with Crippen LogP contribution in [0, 0.1) is 13.8 Å². The van der Waals surface area contributed by atoms with Crippen molar-refractivity contribution in [3.8, 4) is 0 Å². The molecule has 0 unspecified atom stereocenters. The lowest BCUT2D eigenvalue weighted by atomic mass is 10.2.